The number of rotatable bonds is 5. The maximum absolute atomic E-state index is 11.8. The average Bonchev–Trinajstić information content (AvgIpc) is 3.05. The number of aryl methyl sites for hydroxylation is 2. The first kappa shape index (κ1) is 18.1. The summed E-state index contributed by atoms with van der Waals surface area (Å²) in [6.45, 7) is 5.89. The van der Waals surface area contributed by atoms with Crippen molar-refractivity contribution in [3.05, 3.63) is 53.7 Å². The molecule has 0 aliphatic carbocycles. The van der Waals surface area contributed by atoms with Crippen LogP contribution in [0.1, 0.15) is 18.1 Å². The molecule has 2 aromatic heterocycles. The number of pyridine rings is 1. The monoisotopic (exact) mass is 368 g/mol. The summed E-state index contributed by atoms with van der Waals surface area (Å²) < 4.78 is 6.78. The minimum Gasteiger partial charge on any atom is -0.468 e. The number of esters is 1. The molecule has 1 aromatic carbocycles. The number of hydrogen-bond donors (Lipinski definition) is 0. The number of methoxy groups -OCH3 is 1. The normalized spacial score (nSPS) is 12.0. The number of benzene rings is 1. The summed E-state index contributed by atoms with van der Waals surface area (Å²) in [5.74, 6) is 0.335. The quantitative estimate of drug-likeness (QED) is 0.506. The Bertz CT molecular complexity index is 925. The van der Waals surface area contributed by atoms with Crippen molar-refractivity contribution >= 4 is 17.7 Å². The molecule has 0 aliphatic rings. The SMILES string of the molecule is COC(=O)C(C)Sc1nnc(-c2ccccn2)n1-c1ccc(C)cc1C. The van der Waals surface area contributed by atoms with Crippen LogP contribution in [-0.4, -0.2) is 38.1 Å². The van der Waals surface area contributed by atoms with Crippen molar-refractivity contribution in [1.82, 2.24) is 19.7 Å². The molecule has 3 rings (SSSR count). The Balaban J connectivity index is 2.14. The second-order valence-electron chi connectivity index (χ2n) is 5.93. The van der Waals surface area contributed by atoms with E-state index < -0.39 is 5.25 Å². The lowest BCUT2D eigenvalue weighted by Gasteiger charge is -2.14. The molecule has 7 heteroatoms. The smallest absolute Gasteiger partial charge is 0.318 e. The van der Waals surface area contributed by atoms with Crippen LogP contribution in [-0.2, 0) is 9.53 Å². The van der Waals surface area contributed by atoms with Gasteiger partial charge in [-0.3, -0.25) is 14.3 Å². The van der Waals surface area contributed by atoms with Crippen LogP contribution in [0, 0.1) is 13.8 Å². The summed E-state index contributed by atoms with van der Waals surface area (Å²) in [5, 5.41) is 8.88. The van der Waals surface area contributed by atoms with Crippen molar-refractivity contribution in [1.29, 1.82) is 0 Å². The molecule has 1 unspecified atom stereocenters. The van der Waals surface area contributed by atoms with Crippen molar-refractivity contribution in [2.75, 3.05) is 7.11 Å². The molecule has 0 fully saturated rings. The van der Waals surface area contributed by atoms with Crippen LogP contribution in [0.2, 0.25) is 0 Å². The van der Waals surface area contributed by atoms with Gasteiger partial charge in [0.1, 0.15) is 10.9 Å². The van der Waals surface area contributed by atoms with Gasteiger partial charge in [-0.2, -0.15) is 0 Å². The third-order valence-electron chi connectivity index (χ3n) is 3.94. The zero-order chi connectivity index (χ0) is 18.7. The van der Waals surface area contributed by atoms with Crippen molar-refractivity contribution in [3.63, 3.8) is 0 Å². The summed E-state index contributed by atoms with van der Waals surface area (Å²) in [6.07, 6.45) is 1.72. The third kappa shape index (κ3) is 3.62. The molecule has 1 atom stereocenters. The van der Waals surface area contributed by atoms with Crippen molar-refractivity contribution < 1.29 is 9.53 Å². The minimum absolute atomic E-state index is 0.301. The fourth-order valence-electron chi connectivity index (χ4n) is 2.65. The van der Waals surface area contributed by atoms with Gasteiger partial charge in [-0.25, -0.2) is 0 Å². The number of ether oxygens (including phenoxy) is 1. The van der Waals surface area contributed by atoms with Gasteiger partial charge in [-0.05, 0) is 44.5 Å². The number of carbonyl (C=O) groups excluding carboxylic acids is 1. The van der Waals surface area contributed by atoms with Crippen LogP contribution in [0.3, 0.4) is 0 Å². The van der Waals surface area contributed by atoms with Gasteiger partial charge >= 0.3 is 5.97 Å². The molecule has 0 amide bonds. The van der Waals surface area contributed by atoms with Gasteiger partial charge in [-0.15, -0.1) is 10.2 Å². The number of hydrogen-bond acceptors (Lipinski definition) is 6. The van der Waals surface area contributed by atoms with Crippen LogP contribution < -0.4 is 0 Å². The van der Waals surface area contributed by atoms with Crippen LogP contribution in [0.4, 0.5) is 0 Å². The molecule has 0 spiro atoms. The van der Waals surface area contributed by atoms with E-state index in [0.29, 0.717) is 11.0 Å². The maximum atomic E-state index is 11.8. The molecule has 2 heterocycles. The van der Waals surface area contributed by atoms with Gasteiger partial charge in [0.15, 0.2) is 11.0 Å². The first-order valence-corrected chi connectivity index (χ1v) is 9.08. The highest BCUT2D eigenvalue weighted by Crippen LogP contribution is 2.31. The summed E-state index contributed by atoms with van der Waals surface area (Å²) in [7, 11) is 1.38. The fourth-order valence-corrected chi connectivity index (χ4v) is 3.54. The van der Waals surface area contributed by atoms with E-state index in [1.807, 2.05) is 41.8 Å². The highest BCUT2D eigenvalue weighted by atomic mass is 32.2. The molecule has 0 radical (unpaired) electrons. The first-order valence-electron chi connectivity index (χ1n) is 8.20. The summed E-state index contributed by atoms with van der Waals surface area (Å²) >= 11 is 1.31. The Morgan fingerprint density at radius 1 is 1.19 bits per heavy atom. The lowest BCUT2D eigenvalue weighted by atomic mass is 10.1. The Morgan fingerprint density at radius 2 is 2.00 bits per heavy atom. The lowest BCUT2D eigenvalue weighted by Crippen LogP contribution is -2.15. The number of nitrogens with zero attached hydrogens (tertiary/aromatic N) is 4. The van der Waals surface area contributed by atoms with E-state index in [-0.39, 0.29) is 5.97 Å². The van der Waals surface area contributed by atoms with Crippen molar-refractivity contribution in [2.45, 2.75) is 31.2 Å². The largest absolute Gasteiger partial charge is 0.468 e. The molecule has 0 saturated carbocycles. The number of aromatic nitrogens is 4. The van der Waals surface area contributed by atoms with Crippen LogP contribution in [0.15, 0.2) is 47.8 Å². The van der Waals surface area contributed by atoms with E-state index in [9.17, 15) is 4.79 Å². The summed E-state index contributed by atoms with van der Waals surface area (Å²) in [6, 6.07) is 11.8. The van der Waals surface area contributed by atoms with E-state index in [0.717, 1.165) is 16.9 Å². The predicted octanol–water partition coefficient (Wildman–Crippen LogP) is 3.60. The fraction of sp³-hybridized carbons (Fsp3) is 0.263. The zero-order valence-corrected chi connectivity index (χ0v) is 15.9. The highest BCUT2D eigenvalue weighted by molar-refractivity contribution is 8.00. The summed E-state index contributed by atoms with van der Waals surface area (Å²) in [4.78, 5) is 16.2. The Labute approximate surface area is 156 Å². The van der Waals surface area contributed by atoms with Crippen molar-refractivity contribution in [2.24, 2.45) is 0 Å². The molecule has 0 bridgehead atoms. The Hall–Kier alpha value is -2.67. The average molecular weight is 368 g/mol. The molecule has 0 aliphatic heterocycles. The molecule has 0 N–H and O–H groups in total. The van der Waals surface area contributed by atoms with Crippen LogP contribution >= 0.6 is 11.8 Å². The number of carbonyl (C=O) groups is 1. The second kappa shape index (κ2) is 7.70. The van der Waals surface area contributed by atoms with Gasteiger partial charge in [-0.1, -0.05) is 35.5 Å². The van der Waals surface area contributed by atoms with E-state index in [2.05, 4.69) is 28.2 Å². The maximum Gasteiger partial charge on any atom is 0.318 e. The topological polar surface area (TPSA) is 69.9 Å². The Kier molecular flexibility index (Phi) is 5.37. The van der Waals surface area contributed by atoms with Gasteiger partial charge in [0.25, 0.3) is 0 Å². The summed E-state index contributed by atoms with van der Waals surface area (Å²) in [5.41, 5.74) is 3.95. The van der Waals surface area contributed by atoms with E-state index in [1.54, 1.807) is 13.1 Å². The van der Waals surface area contributed by atoms with E-state index >= 15 is 0 Å². The standard InChI is InChI=1S/C19H20N4O2S/c1-12-8-9-16(13(2)11-12)23-17(15-7-5-6-10-20-15)21-22-19(23)26-14(3)18(24)25-4/h5-11,14H,1-4H3. The van der Waals surface area contributed by atoms with Crippen LogP contribution in [0.5, 0.6) is 0 Å². The van der Waals surface area contributed by atoms with Gasteiger partial charge in [0, 0.05) is 6.20 Å². The molecule has 6 nitrogen and oxygen atoms in total. The second-order valence-corrected chi connectivity index (χ2v) is 7.24. The third-order valence-corrected chi connectivity index (χ3v) is 4.96. The van der Waals surface area contributed by atoms with Crippen LogP contribution in [0.25, 0.3) is 17.2 Å². The first-order chi connectivity index (χ1) is 12.5. The number of thioether (sulfide) groups is 1. The van der Waals surface area contributed by atoms with Gasteiger partial charge < -0.3 is 4.74 Å². The Morgan fingerprint density at radius 3 is 2.65 bits per heavy atom. The molecule has 134 valence electrons. The highest BCUT2D eigenvalue weighted by Gasteiger charge is 2.23. The van der Waals surface area contributed by atoms with Crippen molar-refractivity contribution in [3.8, 4) is 17.2 Å². The zero-order valence-electron chi connectivity index (χ0n) is 15.1. The van der Waals surface area contributed by atoms with Gasteiger partial charge in [0.05, 0.1) is 12.8 Å². The molecule has 3 aromatic rings. The molecule has 0 saturated heterocycles. The minimum atomic E-state index is -0.398. The van der Waals surface area contributed by atoms with E-state index in [4.69, 9.17) is 4.74 Å². The molecular formula is C19H20N4O2S. The lowest BCUT2D eigenvalue weighted by molar-refractivity contribution is -0.139. The predicted molar refractivity (Wildman–Crippen MR) is 101 cm³/mol. The molecule has 26 heavy (non-hydrogen) atoms. The molecular weight excluding hydrogens is 348 g/mol. The van der Waals surface area contributed by atoms with Gasteiger partial charge in [0.2, 0.25) is 0 Å². The van der Waals surface area contributed by atoms with E-state index in [1.165, 1.54) is 24.4 Å².